The predicted molar refractivity (Wildman–Crippen MR) is 78.5 cm³/mol. The normalized spacial score (nSPS) is 45.4. The number of aliphatic hydroxyl groups is 1. The Balaban J connectivity index is 1.81. The summed E-state index contributed by atoms with van der Waals surface area (Å²) in [5.41, 5.74) is 0. The fourth-order valence-electron chi connectivity index (χ4n) is 2.56. The number of halogens is 2. The lowest BCUT2D eigenvalue weighted by Crippen LogP contribution is -2.55. The van der Waals surface area contributed by atoms with Crippen LogP contribution >= 0.6 is 19.4 Å². The van der Waals surface area contributed by atoms with Gasteiger partial charge in [-0.3, -0.25) is 18.5 Å². The molecule has 2 saturated heterocycles. The van der Waals surface area contributed by atoms with Crippen molar-refractivity contribution in [3.05, 3.63) is 12.3 Å². The summed E-state index contributed by atoms with van der Waals surface area (Å²) in [5, 5.41) is 8.78. The van der Waals surface area contributed by atoms with Crippen molar-refractivity contribution in [1.82, 2.24) is 10.2 Å². The summed E-state index contributed by atoms with van der Waals surface area (Å²) in [7, 11) is -3.99. The molecule has 0 aliphatic carbocycles. The first-order chi connectivity index (χ1) is 11.1. The lowest BCUT2D eigenvalue weighted by molar-refractivity contribution is -0.0803. The van der Waals surface area contributed by atoms with Crippen molar-refractivity contribution >= 4 is 25.5 Å². The summed E-state index contributed by atoms with van der Waals surface area (Å²) in [6.45, 7) is 2.96. The number of aliphatic hydroxyl groups excluding tert-OH is 1. The molecule has 6 atom stereocenters. The van der Waals surface area contributed by atoms with Gasteiger partial charge in [0.2, 0.25) is 0 Å². The van der Waals surface area contributed by atoms with E-state index >= 15 is 4.39 Å². The molecule has 0 radical (unpaired) electrons. The zero-order valence-electron chi connectivity index (χ0n) is 12.8. The molecule has 0 spiro atoms. The second-order valence-corrected chi connectivity index (χ2v) is 7.92. The molecule has 0 aromatic heterocycles. The monoisotopic (exact) mass is 386 g/mol. The molecule has 0 aromatic carbocycles. The smallest absolute Gasteiger partial charge is 0.370 e. The zero-order chi connectivity index (χ0) is 17.7. The molecular weight excluding hydrogens is 370 g/mol. The van der Waals surface area contributed by atoms with E-state index in [1.807, 2.05) is 0 Å². The van der Waals surface area contributed by atoms with Gasteiger partial charge in [-0.15, -0.1) is 0 Å². The van der Waals surface area contributed by atoms with Gasteiger partial charge < -0.3 is 15.2 Å². The number of hydrogen-bond acceptors (Lipinski definition) is 7. The molecule has 0 saturated carbocycles. The average molecular weight is 387 g/mol. The topological polar surface area (TPSA) is 107 Å². The zero-order valence-corrected chi connectivity index (χ0v) is 14.4. The summed E-state index contributed by atoms with van der Waals surface area (Å²) in [4.78, 5) is 12.7. The quantitative estimate of drug-likeness (QED) is 0.558. The molecule has 2 N–H and O–H groups in total. The van der Waals surface area contributed by atoms with E-state index in [0.717, 1.165) is 11.1 Å². The number of phosphoric ester groups is 1. The second-order valence-electron chi connectivity index (χ2n) is 5.77. The maximum absolute atomic E-state index is 15.1. The van der Waals surface area contributed by atoms with Crippen LogP contribution in [0.2, 0.25) is 0 Å². The maximum atomic E-state index is 15.1. The molecule has 2 unspecified atom stereocenters. The first-order valence-electron chi connectivity index (χ1n) is 7.22. The van der Waals surface area contributed by atoms with Crippen molar-refractivity contribution in [2.75, 3.05) is 6.61 Å². The first kappa shape index (κ1) is 18.1. The predicted octanol–water partition coefficient (Wildman–Crippen LogP) is 1.42. The number of ether oxygens (including phenoxy) is 1. The summed E-state index contributed by atoms with van der Waals surface area (Å²) in [5.74, 6) is 0. The highest BCUT2D eigenvalue weighted by Gasteiger charge is 2.65. The van der Waals surface area contributed by atoms with Gasteiger partial charge in [0.1, 0.15) is 12.3 Å². The van der Waals surface area contributed by atoms with E-state index in [2.05, 4.69) is 5.32 Å². The molecule has 3 rings (SSSR count). The number of rotatable bonds is 3. The third kappa shape index (κ3) is 3.20. The van der Waals surface area contributed by atoms with Gasteiger partial charge in [-0.05, 0) is 19.9 Å². The van der Waals surface area contributed by atoms with Gasteiger partial charge in [0.05, 0.1) is 12.7 Å². The molecule has 2 fully saturated rings. The molecule has 136 valence electrons. The molecular formula is C12H17ClFN2O7P. The molecule has 3 heterocycles. The highest BCUT2D eigenvalue weighted by Crippen LogP contribution is 2.59. The Morgan fingerprint density at radius 3 is 2.96 bits per heavy atom. The van der Waals surface area contributed by atoms with Gasteiger partial charge >= 0.3 is 13.9 Å². The Labute approximate surface area is 142 Å². The standard InChI is InChI=1S/C12H17ClFN2O7P/c1-6(2)22-24(19)20-5-7-9(23-24)12(13,14)10(21-7)16-4-3-8(17)15-11(16)18/h3-4,6-10,17H,5H2,1-2H3,(H,15,18)/t7-,8?,9-,10-,12-,24?/m1/s1. The van der Waals surface area contributed by atoms with E-state index in [-0.39, 0.29) is 6.61 Å². The number of carbonyl (C=O) groups is 1. The minimum Gasteiger partial charge on any atom is -0.370 e. The van der Waals surface area contributed by atoms with E-state index in [1.165, 1.54) is 6.08 Å². The molecule has 0 aromatic rings. The second kappa shape index (κ2) is 6.21. The van der Waals surface area contributed by atoms with Crippen LogP contribution in [-0.2, 0) is 22.9 Å². The minimum atomic E-state index is -3.99. The summed E-state index contributed by atoms with van der Waals surface area (Å²) in [6, 6.07) is -0.807. The molecule has 0 bridgehead atoms. The number of hydrogen-bond donors (Lipinski definition) is 2. The minimum absolute atomic E-state index is 0.272. The number of carbonyl (C=O) groups excluding carboxylic acids is 1. The number of amides is 2. The lowest BCUT2D eigenvalue weighted by Gasteiger charge is -2.35. The number of fused-ring (bicyclic) bond motifs is 1. The third-order valence-electron chi connectivity index (χ3n) is 3.52. The van der Waals surface area contributed by atoms with Gasteiger partial charge in [0.15, 0.2) is 12.3 Å². The number of phosphoric acid groups is 1. The van der Waals surface area contributed by atoms with Crippen LogP contribution in [0.15, 0.2) is 12.3 Å². The van der Waals surface area contributed by atoms with Crippen LogP contribution in [0.4, 0.5) is 9.18 Å². The Morgan fingerprint density at radius 2 is 2.33 bits per heavy atom. The van der Waals surface area contributed by atoms with Crippen molar-refractivity contribution in [3.8, 4) is 0 Å². The van der Waals surface area contributed by atoms with E-state index < -0.39 is 49.7 Å². The summed E-state index contributed by atoms with van der Waals surface area (Å²) in [6.07, 6.45) is -3.32. The van der Waals surface area contributed by atoms with Crippen LogP contribution in [0.25, 0.3) is 0 Å². The van der Waals surface area contributed by atoms with E-state index in [9.17, 15) is 14.5 Å². The van der Waals surface area contributed by atoms with Crippen LogP contribution in [0.5, 0.6) is 0 Å². The number of nitrogens with one attached hydrogen (secondary N) is 1. The van der Waals surface area contributed by atoms with E-state index in [0.29, 0.717) is 0 Å². The molecule has 12 heteroatoms. The van der Waals surface area contributed by atoms with Crippen LogP contribution in [0, 0.1) is 0 Å². The number of urea groups is 1. The fourth-order valence-corrected chi connectivity index (χ4v) is 4.54. The Morgan fingerprint density at radius 1 is 1.62 bits per heavy atom. The molecule has 3 aliphatic rings. The molecule has 2 amide bonds. The SMILES string of the molecule is CC(C)OP1(=O)OC[C@H]2O[C@@H](N3C=CC(O)NC3=O)[C@@](F)(Cl)[C@@H]2O1. The largest absolute Gasteiger partial charge is 0.475 e. The van der Waals surface area contributed by atoms with Gasteiger partial charge in [-0.1, -0.05) is 11.6 Å². The Kier molecular flexibility index (Phi) is 4.67. The van der Waals surface area contributed by atoms with Crippen molar-refractivity contribution in [2.45, 2.75) is 49.7 Å². The number of alkyl halides is 2. The van der Waals surface area contributed by atoms with Gasteiger partial charge in [0, 0.05) is 6.20 Å². The molecule has 3 aliphatic heterocycles. The lowest BCUT2D eigenvalue weighted by atomic mass is 10.1. The maximum Gasteiger partial charge on any atom is 0.475 e. The first-order valence-corrected chi connectivity index (χ1v) is 9.06. The van der Waals surface area contributed by atoms with Crippen LogP contribution in [-0.4, -0.2) is 58.5 Å². The summed E-state index contributed by atoms with van der Waals surface area (Å²) < 4.78 is 48.2. The van der Waals surface area contributed by atoms with Gasteiger partial charge in [-0.25, -0.2) is 13.8 Å². The van der Waals surface area contributed by atoms with Gasteiger partial charge in [0.25, 0.3) is 5.13 Å². The molecule has 9 nitrogen and oxygen atoms in total. The van der Waals surface area contributed by atoms with Gasteiger partial charge in [-0.2, -0.15) is 0 Å². The van der Waals surface area contributed by atoms with E-state index in [4.69, 9.17) is 29.9 Å². The fraction of sp³-hybridized carbons (Fsp3) is 0.750. The summed E-state index contributed by atoms with van der Waals surface area (Å²) >= 11 is 5.94. The van der Waals surface area contributed by atoms with Crippen molar-refractivity contribution in [1.29, 1.82) is 0 Å². The van der Waals surface area contributed by atoms with Crippen molar-refractivity contribution in [3.63, 3.8) is 0 Å². The highest BCUT2D eigenvalue weighted by atomic mass is 35.5. The highest BCUT2D eigenvalue weighted by molar-refractivity contribution is 7.48. The van der Waals surface area contributed by atoms with Crippen LogP contribution in [0.3, 0.4) is 0 Å². The van der Waals surface area contributed by atoms with Crippen LogP contribution < -0.4 is 5.32 Å². The van der Waals surface area contributed by atoms with E-state index in [1.54, 1.807) is 13.8 Å². The number of nitrogens with zero attached hydrogens (tertiary/aromatic N) is 1. The van der Waals surface area contributed by atoms with Crippen molar-refractivity contribution < 1.29 is 37.2 Å². The third-order valence-corrected chi connectivity index (χ3v) is 5.55. The Bertz CT molecular complexity index is 604. The molecule has 24 heavy (non-hydrogen) atoms. The van der Waals surface area contributed by atoms with Crippen molar-refractivity contribution in [2.24, 2.45) is 0 Å². The average Bonchev–Trinajstić information content (AvgIpc) is 2.69. The van der Waals surface area contributed by atoms with Crippen LogP contribution in [0.1, 0.15) is 13.8 Å². The Hall–Kier alpha value is -0.740.